The van der Waals surface area contributed by atoms with Crippen LogP contribution in [0.5, 0.6) is 0 Å². The highest BCUT2D eigenvalue weighted by molar-refractivity contribution is 4.73. The summed E-state index contributed by atoms with van der Waals surface area (Å²) in [6, 6.07) is 0.653. The van der Waals surface area contributed by atoms with Crippen molar-refractivity contribution in [2.24, 2.45) is 11.8 Å². The molecule has 0 aromatic carbocycles. The maximum atomic E-state index is 5.96. The van der Waals surface area contributed by atoms with Gasteiger partial charge in [0.25, 0.3) is 0 Å². The Labute approximate surface area is 89.8 Å². The molecule has 0 bridgehead atoms. The third-order valence-electron chi connectivity index (χ3n) is 2.96. The van der Waals surface area contributed by atoms with Crippen LogP contribution in [0, 0.1) is 5.92 Å². The van der Waals surface area contributed by atoms with Crippen molar-refractivity contribution < 1.29 is 0 Å². The van der Waals surface area contributed by atoms with E-state index in [4.69, 9.17) is 5.84 Å². The summed E-state index contributed by atoms with van der Waals surface area (Å²) < 4.78 is 0. The first-order chi connectivity index (χ1) is 6.74. The fourth-order valence-corrected chi connectivity index (χ4v) is 1.98. The van der Waals surface area contributed by atoms with Gasteiger partial charge >= 0.3 is 0 Å². The van der Waals surface area contributed by atoms with Crippen LogP contribution in [-0.2, 0) is 0 Å². The van der Waals surface area contributed by atoms with E-state index in [2.05, 4.69) is 18.9 Å². The normalized spacial score (nSPS) is 28.9. The van der Waals surface area contributed by atoms with Crippen molar-refractivity contribution in [1.29, 1.82) is 0 Å². The molecule has 2 nitrogen and oxygen atoms in total. The minimum atomic E-state index is 0.653. The molecule has 0 saturated carbocycles. The molecule has 1 rings (SSSR count). The lowest BCUT2D eigenvalue weighted by molar-refractivity contribution is 0.193. The molecule has 0 radical (unpaired) electrons. The van der Waals surface area contributed by atoms with Crippen LogP contribution in [0.15, 0.2) is 0 Å². The van der Waals surface area contributed by atoms with Gasteiger partial charge in [0.1, 0.15) is 0 Å². The van der Waals surface area contributed by atoms with Gasteiger partial charge in [0.2, 0.25) is 0 Å². The molecule has 0 aliphatic carbocycles. The molecule has 1 aliphatic rings. The molecule has 0 amide bonds. The van der Waals surface area contributed by atoms with Crippen LogP contribution in [0.25, 0.3) is 0 Å². The zero-order valence-corrected chi connectivity index (χ0v) is 10.4. The molecule has 0 aromatic rings. The number of hydrazine groups is 1. The van der Waals surface area contributed by atoms with Crippen LogP contribution in [0.1, 0.15) is 59.8 Å². The zero-order valence-electron chi connectivity index (χ0n) is 10.4. The zero-order chi connectivity index (χ0) is 11.0. The maximum absolute atomic E-state index is 5.96. The summed E-state index contributed by atoms with van der Waals surface area (Å²) in [6.45, 7) is 9.66. The Hall–Kier alpha value is -0.0800. The van der Waals surface area contributed by atoms with Crippen molar-refractivity contribution in [1.82, 2.24) is 5.01 Å². The van der Waals surface area contributed by atoms with Gasteiger partial charge in [-0.25, -0.2) is 5.01 Å². The predicted octanol–water partition coefficient (Wildman–Crippen LogP) is 3.18. The molecule has 0 spiro atoms. The molecule has 1 aliphatic heterocycles. The second-order valence-corrected chi connectivity index (χ2v) is 4.15. The van der Waals surface area contributed by atoms with E-state index >= 15 is 0 Å². The van der Waals surface area contributed by atoms with Crippen LogP contribution >= 0.6 is 0 Å². The highest BCUT2D eigenvalue weighted by Crippen LogP contribution is 2.21. The van der Waals surface area contributed by atoms with Crippen molar-refractivity contribution >= 4 is 0 Å². The summed E-state index contributed by atoms with van der Waals surface area (Å²) in [5, 5.41) is 2.06. The van der Waals surface area contributed by atoms with Gasteiger partial charge in [-0.05, 0) is 31.6 Å². The van der Waals surface area contributed by atoms with E-state index in [1.54, 1.807) is 0 Å². The fraction of sp³-hybridized carbons (Fsp3) is 1.00. The Morgan fingerprint density at radius 3 is 2.43 bits per heavy atom. The monoisotopic (exact) mass is 200 g/mol. The van der Waals surface area contributed by atoms with Crippen molar-refractivity contribution in [2.45, 2.75) is 65.8 Å². The summed E-state index contributed by atoms with van der Waals surface area (Å²) in [6.07, 6.45) is 6.45. The quantitative estimate of drug-likeness (QED) is 0.694. The molecule has 2 heteroatoms. The Morgan fingerprint density at radius 2 is 1.86 bits per heavy atom. The van der Waals surface area contributed by atoms with Crippen molar-refractivity contribution in [2.75, 3.05) is 6.54 Å². The third-order valence-corrected chi connectivity index (χ3v) is 2.96. The van der Waals surface area contributed by atoms with Gasteiger partial charge in [0.15, 0.2) is 0 Å². The Kier molecular flexibility index (Phi) is 8.20. The molecular formula is C12H28N2. The van der Waals surface area contributed by atoms with E-state index in [9.17, 15) is 0 Å². The molecule has 86 valence electrons. The predicted molar refractivity (Wildman–Crippen MR) is 64.0 cm³/mol. The lowest BCUT2D eigenvalue weighted by Gasteiger charge is -2.24. The SMILES string of the molecule is CC.CCCC1CCC(C)CCN1N. The summed E-state index contributed by atoms with van der Waals surface area (Å²) in [7, 11) is 0. The van der Waals surface area contributed by atoms with Gasteiger partial charge in [-0.15, -0.1) is 0 Å². The van der Waals surface area contributed by atoms with E-state index in [-0.39, 0.29) is 0 Å². The van der Waals surface area contributed by atoms with Gasteiger partial charge in [-0.2, -0.15) is 0 Å². The first-order valence-electron chi connectivity index (χ1n) is 6.25. The van der Waals surface area contributed by atoms with Crippen molar-refractivity contribution in [3.05, 3.63) is 0 Å². The lowest BCUT2D eigenvalue weighted by Crippen LogP contribution is -2.40. The molecule has 1 heterocycles. The lowest BCUT2D eigenvalue weighted by atomic mass is 10.00. The van der Waals surface area contributed by atoms with Crippen molar-refractivity contribution in [3.8, 4) is 0 Å². The van der Waals surface area contributed by atoms with Crippen LogP contribution in [0.3, 0.4) is 0 Å². The molecular weight excluding hydrogens is 172 g/mol. The average molecular weight is 200 g/mol. The van der Waals surface area contributed by atoms with E-state index in [0.717, 1.165) is 12.5 Å². The van der Waals surface area contributed by atoms with Crippen LogP contribution < -0.4 is 5.84 Å². The van der Waals surface area contributed by atoms with Gasteiger partial charge in [0.05, 0.1) is 0 Å². The molecule has 2 atom stereocenters. The number of rotatable bonds is 2. The first kappa shape index (κ1) is 13.9. The number of hydrogen-bond acceptors (Lipinski definition) is 2. The molecule has 2 N–H and O–H groups in total. The first-order valence-corrected chi connectivity index (χ1v) is 6.25. The van der Waals surface area contributed by atoms with Crippen LogP contribution in [0.4, 0.5) is 0 Å². The van der Waals surface area contributed by atoms with Gasteiger partial charge in [-0.3, -0.25) is 5.84 Å². The Morgan fingerprint density at radius 1 is 1.21 bits per heavy atom. The number of nitrogens with zero attached hydrogens (tertiary/aromatic N) is 1. The van der Waals surface area contributed by atoms with Gasteiger partial charge in [-0.1, -0.05) is 34.1 Å². The largest absolute Gasteiger partial charge is 0.269 e. The van der Waals surface area contributed by atoms with E-state index < -0.39 is 0 Å². The molecule has 2 unspecified atom stereocenters. The van der Waals surface area contributed by atoms with E-state index in [1.165, 1.54) is 32.1 Å². The highest BCUT2D eigenvalue weighted by Gasteiger charge is 2.19. The minimum Gasteiger partial charge on any atom is -0.269 e. The summed E-state index contributed by atoms with van der Waals surface area (Å²) >= 11 is 0. The topological polar surface area (TPSA) is 29.3 Å². The maximum Gasteiger partial charge on any atom is 0.0241 e. The number of hydrogen-bond donors (Lipinski definition) is 1. The molecule has 0 aromatic heterocycles. The van der Waals surface area contributed by atoms with Gasteiger partial charge < -0.3 is 0 Å². The second-order valence-electron chi connectivity index (χ2n) is 4.15. The Bertz CT molecular complexity index is 125. The fourth-order valence-electron chi connectivity index (χ4n) is 1.98. The Balaban J connectivity index is 0.000000791. The standard InChI is InChI=1S/C10H22N2.C2H6/c1-3-4-10-6-5-9(2)7-8-12(10)11;1-2/h9-10H,3-8,11H2,1-2H3;1-2H3. The van der Waals surface area contributed by atoms with Crippen LogP contribution in [-0.4, -0.2) is 17.6 Å². The summed E-state index contributed by atoms with van der Waals surface area (Å²) in [5.41, 5.74) is 0. The smallest absolute Gasteiger partial charge is 0.0241 e. The second kappa shape index (κ2) is 8.25. The number of nitrogens with two attached hydrogens (primary N) is 1. The van der Waals surface area contributed by atoms with E-state index in [1.807, 2.05) is 13.8 Å². The molecule has 14 heavy (non-hydrogen) atoms. The summed E-state index contributed by atoms with van der Waals surface area (Å²) in [5.74, 6) is 6.83. The summed E-state index contributed by atoms with van der Waals surface area (Å²) in [4.78, 5) is 0. The third kappa shape index (κ3) is 4.97. The molecule has 1 fully saturated rings. The average Bonchev–Trinajstić information content (AvgIpc) is 2.37. The van der Waals surface area contributed by atoms with E-state index in [0.29, 0.717) is 6.04 Å². The highest BCUT2D eigenvalue weighted by atomic mass is 15.4. The minimum absolute atomic E-state index is 0.653. The van der Waals surface area contributed by atoms with Crippen molar-refractivity contribution in [3.63, 3.8) is 0 Å². The van der Waals surface area contributed by atoms with Crippen LogP contribution in [0.2, 0.25) is 0 Å². The molecule has 1 saturated heterocycles. The van der Waals surface area contributed by atoms with Gasteiger partial charge in [0, 0.05) is 12.6 Å².